The van der Waals surface area contributed by atoms with Crippen LogP contribution in [0.15, 0.2) is 4.99 Å². The van der Waals surface area contributed by atoms with Gasteiger partial charge in [0.05, 0.1) is 6.10 Å². The first-order valence-corrected chi connectivity index (χ1v) is 9.80. The standard InChI is InChI=1S/C19H33N3O3/c1-19(2)16(14-10-12-24-17(14)19)22-18(20-3)21-11-6-9-15(23)25-13-7-4-5-8-13/h13-14,16-17H,4-12H2,1-3H3,(H2,20,21,22). The molecule has 6 nitrogen and oxygen atoms in total. The van der Waals surface area contributed by atoms with E-state index in [1.54, 1.807) is 7.05 Å². The summed E-state index contributed by atoms with van der Waals surface area (Å²) in [5, 5.41) is 6.88. The average Bonchev–Trinajstić information content (AvgIpc) is 3.24. The van der Waals surface area contributed by atoms with Crippen LogP contribution in [0.3, 0.4) is 0 Å². The van der Waals surface area contributed by atoms with E-state index < -0.39 is 0 Å². The van der Waals surface area contributed by atoms with Crippen LogP contribution < -0.4 is 10.6 Å². The van der Waals surface area contributed by atoms with E-state index in [4.69, 9.17) is 9.47 Å². The predicted molar refractivity (Wildman–Crippen MR) is 97.5 cm³/mol. The van der Waals surface area contributed by atoms with Crippen LogP contribution in [-0.2, 0) is 14.3 Å². The van der Waals surface area contributed by atoms with Crippen LogP contribution in [0.1, 0.15) is 58.8 Å². The summed E-state index contributed by atoms with van der Waals surface area (Å²) >= 11 is 0. The van der Waals surface area contributed by atoms with Crippen molar-refractivity contribution < 1.29 is 14.3 Å². The summed E-state index contributed by atoms with van der Waals surface area (Å²) in [6, 6.07) is 0.388. The van der Waals surface area contributed by atoms with Gasteiger partial charge in [-0.15, -0.1) is 0 Å². The maximum atomic E-state index is 11.8. The molecule has 1 aliphatic heterocycles. The quantitative estimate of drug-likeness (QED) is 0.332. The van der Waals surface area contributed by atoms with Crippen LogP contribution in [0.25, 0.3) is 0 Å². The number of nitrogens with zero attached hydrogens (tertiary/aromatic N) is 1. The lowest BCUT2D eigenvalue weighted by atomic mass is 9.57. The Kier molecular flexibility index (Phi) is 5.87. The number of rotatable bonds is 6. The van der Waals surface area contributed by atoms with Crippen molar-refractivity contribution in [3.8, 4) is 0 Å². The molecule has 0 spiro atoms. The summed E-state index contributed by atoms with van der Waals surface area (Å²) < 4.78 is 11.3. The van der Waals surface area contributed by atoms with Crippen molar-refractivity contribution in [1.82, 2.24) is 10.6 Å². The molecule has 0 aromatic rings. The van der Waals surface area contributed by atoms with E-state index >= 15 is 0 Å². The van der Waals surface area contributed by atoms with Crippen LogP contribution in [0.5, 0.6) is 0 Å². The number of fused-ring (bicyclic) bond motifs is 1. The maximum Gasteiger partial charge on any atom is 0.306 e. The molecule has 3 rings (SSSR count). The van der Waals surface area contributed by atoms with E-state index in [1.165, 1.54) is 12.8 Å². The molecule has 3 atom stereocenters. The SMILES string of the molecule is CN=C(NCCCC(=O)OC1CCCC1)NC1C2CCOC2C1(C)C. The fraction of sp³-hybridized carbons (Fsp3) is 0.895. The van der Waals surface area contributed by atoms with Gasteiger partial charge in [0.25, 0.3) is 0 Å². The first kappa shape index (κ1) is 18.5. The zero-order valence-electron chi connectivity index (χ0n) is 15.8. The Morgan fingerprint density at radius 1 is 1.28 bits per heavy atom. The number of nitrogens with one attached hydrogen (secondary N) is 2. The van der Waals surface area contributed by atoms with E-state index in [0.29, 0.717) is 24.5 Å². The van der Waals surface area contributed by atoms with Gasteiger partial charge in [0.15, 0.2) is 5.96 Å². The summed E-state index contributed by atoms with van der Waals surface area (Å²) in [7, 11) is 1.79. The minimum Gasteiger partial charge on any atom is -0.462 e. The van der Waals surface area contributed by atoms with Gasteiger partial charge in [-0.2, -0.15) is 0 Å². The molecule has 1 saturated heterocycles. The third-order valence-electron chi connectivity index (χ3n) is 6.07. The van der Waals surface area contributed by atoms with Gasteiger partial charge in [-0.3, -0.25) is 9.79 Å². The number of aliphatic imine (C=N–C) groups is 1. The molecule has 3 aliphatic rings. The number of hydrogen-bond acceptors (Lipinski definition) is 4. The molecule has 25 heavy (non-hydrogen) atoms. The van der Waals surface area contributed by atoms with Gasteiger partial charge in [0.2, 0.25) is 0 Å². The van der Waals surface area contributed by atoms with Crippen LogP contribution >= 0.6 is 0 Å². The molecule has 2 N–H and O–H groups in total. The highest BCUT2D eigenvalue weighted by Crippen LogP contribution is 2.52. The number of hydrogen-bond donors (Lipinski definition) is 2. The summed E-state index contributed by atoms with van der Waals surface area (Å²) in [4.78, 5) is 16.2. The average molecular weight is 351 g/mol. The highest BCUT2D eigenvalue weighted by molar-refractivity contribution is 5.80. The number of carbonyl (C=O) groups is 1. The molecule has 2 aliphatic carbocycles. The maximum absolute atomic E-state index is 11.8. The molecule has 1 heterocycles. The zero-order chi connectivity index (χ0) is 17.9. The van der Waals surface area contributed by atoms with Gasteiger partial charge < -0.3 is 20.1 Å². The van der Waals surface area contributed by atoms with Crippen molar-refractivity contribution in [2.75, 3.05) is 20.2 Å². The van der Waals surface area contributed by atoms with E-state index in [-0.39, 0.29) is 17.5 Å². The van der Waals surface area contributed by atoms with Gasteiger partial charge in [-0.05, 0) is 38.5 Å². The van der Waals surface area contributed by atoms with Crippen molar-refractivity contribution in [2.45, 2.75) is 77.0 Å². The summed E-state index contributed by atoms with van der Waals surface area (Å²) in [6.07, 6.45) is 7.32. The third-order valence-corrected chi connectivity index (χ3v) is 6.07. The summed E-state index contributed by atoms with van der Waals surface area (Å²) in [5.74, 6) is 1.32. The van der Waals surface area contributed by atoms with Gasteiger partial charge in [0, 0.05) is 44.0 Å². The highest BCUT2D eigenvalue weighted by Gasteiger charge is 2.59. The van der Waals surface area contributed by atoms with Crippen molar-refractivity contribution in [1.29, 1.82) is 0 Å². The summed E-state index contributed by atoms with van der Waals surface area (Å²) in [6.45, 7) is 6.09. The number of guanidine groups is 1. The minimum absolute atomic E-state index is 0.0669. The molecule has 3 unspecified atom stereocenters. The highest BCUT2D eigenvalue weighted by atomic mass is 16.5. The van der Waals surface area contributed by atoms with Crippen molar-refractivity contribution in [3.05, 3.63) is 0 Å². The second-order valence-electron chi connectivity index (χ2n) is 8.19. The number of ether oxygens (including phenoxy) is 2. The zero-order valence-corrected chi connectivity index (χ0v) is 15.8. The minimum atomic E-state index is -0.0669. The molecule has 0 bridgehead atoms. The predicted octanol–water partition coefficient (Wildman–Crippen LogP) is 2.23. The Labute approximate surface area is 151 Å². The van der Waals surface area contributed by atoms with E-state index in [0.717, 1.165) is 44.8 Å². The van der Waals surface area contributed by atoms with Gasteiger partial charge >= 0.3 is 5.97 Å². The van der Waals surface area contributed by atoms with Crippen molar-refractivity contribution >= 4 is 11.9 Å². The topological polar surface area (TPSA) is 72.0 Å². The summed E-state index contributed by atoms with van der Waals surface area (Å²) in [5.41, 5.74) is 0.129. The molecule has 6 heteroatoms. The Morgan fingerprint density at radius 3 is 2.76 bits per heavy atom. The second-order valence-corrected chi connectivity index (χ2v) is 8.19. The van der Waals surface area contributed by atoms with Crippen molar-refractivity contribution in [3.63, 3.8) is 0 Å². The molecule has 0 aromatic carbocycles. The lowest BCUT2D eigenvalue weighted by Crippen LogP contribution is -2.67. The smallest absolute Gasteiger partial charge is 0.306 e. The molecule has 142 valence electrons. The van der Waals surface area contributed by atoms with Crippen LogP contribution in [-0.4, -0.2) is 50.4 Å². The Balaban J connectivity index is 1.35. The van der Waals surface area contributed by atoms with E-state index in [1.807, 2.05) is 0 Å². The molecular formula is C19H33N3O3. The molecular weight excluding hydrogens is 318 g/mol. The lowest BCUT2D eigenvalue weighted by molar-refractivity contribution is -0.148. The Hall–Kier alpha value is -1.30. The van der Waals surface area contributed by atoms with Crippen molar-refractivity contribution in [2.24, 2.45) is 16.3 Å². The number of esters is 1. The first-order valence-electron chi connectivity index (χ1n) is 9.80. The van der Waals surface area contributed by atoms with Crippen LogP contribution in [0, 0.1) is 11.3 Å². The normalized spacial score (nSPS) is 31.3. The monoisotopic (exact) mass is 351 g/mol. The number of carbonyl (C=O) groups excluding carboxylic acids is 1. The van der Waals surface area contributed by atoms with Crippen LogP contribution in [0.4, 0.5) is 0 Å². The fourth-order valence-corrected chi connectivity index (χ4v) is 4.65. The first-order chi connectivity index (χ1) is 12.0. The Morgan fingerprint density at radius 2 is 2.04 bits per heavy atom. The largest absolute Gasteiger partial charge is 0.462 e. The molecule has 2 saturated carbocycles. The van der Waals surface area contributed by atoms with E-state index in [2.05, 4.69) is 29.5 Å². The van der Waals surface area contributed by atoms with E-state index in [9.17, 15) is 4.79 Å². The van der Waals surface area contributed by atoms with Crippen LogP contribution in [0.2, 0.25) is 0 Å². The Bertz CT molecular complexity index is 500. The van der Waals surface area contributed by atoms with Gasteiger partial charge in [-0.1, -0.05) is 13.8 Å². The second kappa shape index (κ2) is 7.94. The van der Waals surface area contributed by atoms with Gasteiger partial charge in [0.1, 0.15) is 6.10 Å². The molecule has 3 fully saturated rings. The van der Waals surface area contributed by atoms with Gasteiger partial charge in [-0.25, -0.2) is 0 Å². The lowest BCUT2D eigenvalue weighted by Gasteiger charge is -2.54. The fourth-order valence-electron chi connectivity index (χ4n) is 4.65. The third kappa shape index (κ3) is 4.10. The molecule has 0 radical (unpaired) electrons. The molecule has 0 amide bonds. The molecule has 0 aromatic heterocycles.